The number of phosphoric ester groups is 2. The molecule has 21 nitrogen and oxygen atoms in total. The molecule has 6 aromatic heterocycles. The number of imidazole rings is 4. The standard InChI is InChI=1S/C24H24N10O11P2/c35-18-19-14(43-24(18)34-11-28-17-21-26-2-4-32(21)9-30-23(17)34)7-41-46(36,37)44-12-5-15(42-13(12)6-40-47(38,39)45-19)33-10-27-16-20-25-1-3-31(20)8-29-22(16)33/h1-4,8-15,18-19,24,35H,5-7H2,(H,36,37)(H,38,39)/t12-,13+,14+,15+,18+,19+,24+/m0/s1. The summed E-state index contributed by atoms with van der Waals surface area (Å²) in [4.78, 5) is 47.5. The summed E-state index contributed by atoms with van der Waals surface area (Å²) >= 11 is 0. The highest BCUT2D eigenvalue weighted by Gasteiger charge is 2.52. The summed E-state index contributed by atoms with van der Waals surface area (Å²) in [5.41, 5.74) is 2.68. The van der Waals surface area contributed by atoms with Crippen LogP contribution in [0.3, 0.4) is 0 Å². The second-order valence-corrected chi connectivity index (χ2v) is 13.9. The Morgan fingerprint density at radius 1 is 0.681 bits per heavy atom. The molecule has 2 unspecified atom stereocenters. The van der Waals surface area contributed by atoms with Gasteiger partial charge >= 0.3 is 15.6 Å². The van der Waals surface area contributed by atoms with Crippen LogP contribution in [0.2, 0.25) is 0 Å². The van der Waals surface area contributed by atoms with E-state index in [2.05, 4.69) is 29.9 Å². The molecule has 0 bridgehead atoms. The van der Waals surface area contributed by atoms with Crippen molar-refractivity contribution in [3.63, 3.8) is 0 Å². The van der Waals surface area contributed by atoms with E-state index in [9.17, 15) is 24.0 Å². The van der Waals surface area contributed by atoms with Crippen molar-refractivity contribution in [2.45, 2.75) is 49.4 Å². The first-order chi connectivity index (χ1) is 22.6. The number of nitrogens with zero attached hydrogens (tertiary/aromatic N) is 10. The molecule has 3 N–H and O–H groups in total. The van der Waals surface area contributed by atoms with Crippen LogP contribution in [0.25, 0.3) is 33.6 Å². The fourth-order valence-corrected chi connectivity index (χ4v) is 8.08. The van der Waals surface area contributed by atoms with Gasteiger partial charge in [-0.1, -0.05) is 0 Å². The van der Waals surface area contributed by atoms with E-state index in [1.54, 1.807) is 44.5 Å². The third-order valence-corrected chi connectivity index (χ3v) is 10.3. The largest absolute Gasteiger partial charge is 0.472 e. The third kappa shape index (κ3) is 4.90. The monoisotopic (exact) mass is 690 g/mol. The lowest BCUT2D eigenvalue weighted by molar-refractivity contribution is -0.0662. The zero-order valence-electron chi connectivity index (χ0n) is 23.8. The zero-order valence-corrected chi connectivity index (χ0v) is 25.5. The maximum Gasteiger partial charge on any atom is 0.472 e. The molecule has 3 fully saturated rings. The minimum atomic E-state index is -4.90. The van der Waals surface area contributed by atoms with Crippen LogP contribution in [0, 0.1) is 0 Å². The van der Waals surface area contributed by atoms with E-state index < -0.39 is 71.8 Å². The first-order valence-corrected chi connectivity index (χ1v) is 17.2. The molecule has 0 aliphatic carbocycles. The minimum Gasteiger partial charge on any atom is -0.386 e. The molecule has 47 heavy (non-hydrogen) atoms. The lowest BCUT2D eigenvalue weighted by Gasteiger charge is -2.27. The molecule has 9 heterocycles. The van der Waals surface area contributed by atoms with Gasteiger partial charge in [0.05, 0.1) is 25.9 Å². The van der Waals surface area contributed by atoms with Crippen molar-refractivity contribution in [2.75, 3.05) is 13.2 Å². The Kier molecular flexibility index (Phi) is 6.66. The van der Waals surface area contributed by atoms with Crippen LogP contribution in [-0.2, 0) is 36.7 Å². The van der Waals surface area contributed by atoms with E-state index in [0.717, 1.165) is 0 Å². The number of hydrogen-bond acceptors (Lipinski definition) is 15. The Hall–Kier alpha value is -3.72. The summed E-state index contributed by atoms with van der Waals surface area (Å²) < 4.78 is 66.3. The van der Waals surface area contributed by atoms with Crippen molar-refractivity contribution in [3.8, 4) is 0 Å². The van der Waals surface area contributed by atoms with E-state index in [4.69, 9.17) is 27.6 Å². The summed E-state index contributed by atoms with van der Waals surface area (Å²) in [5.74, 6) is 0. The number of aromatic nitrogens is 10. The van der Waals surface area contributed by atoms with Crippen LogP contribution in [0.4, 0.5) is 0 Å². The first-order valence-electron chi connectivity index (χ1n) is 14.2. The van der Waals surface area contributed by atoms with Gasteiger partial charge in [-0.15, -0.1) is 0 Å². The number of aliphatic hydroxyl groups excluding tert-OH is 1. The highest BCUT2D eigenvalue weighted by atomic mass is 31.2. The van der Waals surface area contributed by atoms with Gasteiger partial charge in [0, 0.05) is 31.2 Å². The van der Waals surface area contributed by atoms with Crippen LogP contribution < -0.4 is 0 Å². The molecular weight excluding hydrogens is 666 g/mol. The lowest BCUT2D eigenvalue weighted by atomic mass is 10.1. The maximum atomic E-state index is 13.2. The maximum absolute atomic E-state index is 13.2. The summed E-state index contributed by atoms with van der Waals surface area (Å²) in [5, 5.41) is 11.3. The van der Waals surface area contributed by atoms with Gasteiger partial charge < -0.3 is 24.4 Å². The number of phosphoric acid groups is 2. The SMILES string of the molecule is O=P1(O)OC[C@H]2O[C@@H](n3cnc4c3ncn3ccnc43)C[C@@H]2OP(=O)(O)OC[C@H]2O[C@@H](n3cnc4c3ncn3ccnc43)[C@H](O)[C@@H]2O1. The van der Waals surface area contributed by atoms with Gasteiger partial charge in [-0.05, 0) is 0 Å². The molecule has 0 radical (unpaired) electrons. The molecular formula is C24H24N10O11P2. The fraction of sp³-hybridized carbons (Fsp3) is 0.417. The van der Waals surface area contributed by atoms with E-state index >= 15 is 0 Å². The van der Waals surface area contributed by atoms with E-state index in [-0.39, 0.29) is 6.42 Å². The van der Waals surface area contributed by atoms with Crippen molar-refractivity contribution >= 4 is 49.3 Å². The second kappa shape index (κ2) is 10.6. The van der Waals surface area contributed by atoms with Gasteiger partial charge in [-0.2, -0.15) is 0 Å². The molecule has 3 saturated heterocycles. The van der Waals surface area contributed by atoms with Gasteiger partial charge in [-0.3, -0.25) is 36.0 Å². The highest BCUT2D eigenvalue weighted by Crippen LogP contribution is 2.53. The van der Waals surface area contributed by atoms with Gasteiger partial charge in [0.25, 0.3) is 0 Å². The number of aliphatic hydroxyl groups is 1. The molecule has 9 rings (SSSR count). The van der Waals surface area contributed by atoms with E-state index in [0.29, 0.717) is 33.6 Å². The van der Waals surface area contributed by atoms with Gasteiger partial charge in [0.1, 0.15) is 49.4 Å². The van der Waals surface area contributed by atoms with Crippen molar-refractivity contribution in [1.29, 1.82) is 0 Å². The molecule has 0 saturated carbocycles. The Morgan fingerprint density at radius 3 is 1.96 bits per heavy atom. The quantitative estimate of drug-likeness (QED) is 0.212. The summed E-state index contributed by atoms with van der Waals surface area (Å²) in [6.45, 7) is -1.26. The minimum absolute atomic E-state index is 0.000869. The van der Waals surface area contributed by atoms with Crippen molar-refractivity contribution in [2.24, 2.45) is 0 Å². The van der Waals surface area contributed by atoms with Crippen LogP contribution in [0.1, 0.15) is 18.9 Å². The smallest absolute Gasteiger partial charge is 0.386 e. The van der Waals surface area contributed by atoms with Crippen LogP contribution in [-0.4, -0.2) is 106 Å². The summed E-state index contributed by atoms with van der Waals surface area (Å²) in [6, 6.07) is 0. The molecule has 6 aromatic rings. The Bertz CT molecular complexity index is 2250. The predicted octanol–water partition coefficient (Wildman–Crippen LogP) is 0.735. The summed E-state index contributed by atoms with van der Waals surface area (Å²) in [6.07, 6.45) is 3.65. The van der Waals surface area contributed by atoms with Gasteiger partial charge in [0.2, 0.25) is 0 Å². The van der Waals surface area contributed by atoms with Gasteiger partial charge in [-0.25, -0.2) is 39.0 Å². The number of fused-ring (bicyclic) bond motifs is 8. The average molecular weight is 690 g/mol. The molecule has 0 amide bonds. The fourth-order valence-electron chi connectivity index (χ4n) is 6.16. The Morgan fingerprint density at radius 2 is 1.28 bits per heavy atom. The molecule has 9 atom stereocenters. The van der Waals surface area contributed by atoms with E-state index in [1.807, 2.05) is 0 Å². The van der Waals surface area contributed by atoms with Crippen molar-refractivity contribution in [3.05, 3.63) is 50.1 Å². The molecule has 3 aliphatic rings. The average Bonchev–Trinajstić information content (AvgIpc) is 3.87. The molecule has 0 aromatic carbocycles. The molecule has 246 valence electrons. The normalized spacial score (nSPS) is 35.3. The van der Waals surface area contributed by atoms with Crippen LogP contribution in [0.5, 0.6) is 0 Å². The van der Waals surface area contributed by atoms with Crippen LogP contribution in [0.15, 0.2) is 50.1 Å². The third-order valence-electron chi connectivity index (χ3n) is 8.31. The lowest BCUT2D eigenvalue weighted by Crippen LogP contribution is -2.37. The Labute approximate surface area is 261 Å². The molecule has 23 heteroatoms. The summed E-state index contributed by atoms with van der Waals surface area (Å²) in [7, 11) is -9.71. The Balaban J connectivity index is 0.985. The molecule has 3 aliphatic heterocycles. The highest BCUT2D eigenvalue weighted by molar-refractivity contribution is 7.47. The molecule has 0 spiro atoms. The second-order valence-electron chi connectivity index (χ2n) is 11.1. The van der Waals surface area contributed by atoms with Crippen molar-refractivity contribution < 1.29 is 51.6 Å². The number of hydrogen-bond donors (Lipinski definition) is 3. The van der Waals surface area contributed by atoms with Crippen molar-refractivity contribution in [1.82, 2.24) is 47.8 Å². The number of rotatable bonds is 2. The van der Waals surface area contributed by atoms with E-state index in [1.165, 1.54) is 23.5 Å². The predicted molar refractivity (Wildman–Crippen MR) is 152 cm³/mol. The topological polar surface area (TPSA) is 246 Å². The zero-order chi connectivity index (χ0) is 32.1. The van der Waals surface area contributed by atoms with Crippen LogP contribution >= 0.6 is 15.6 Å². The number of ether oxygens (including phenoxy) is 2. The van der Waals surface area contributed by atoms with Gasteiger partial charge in [0.15, 0.2) is 39.9 Å². The first kappa shape index (κ1) is 29.4.